The second-order valence-corrected chi connectivity index (χ2v) is 26.4. The number of aliphatic hydroxyl groups excluding tert-OH is 8. The van der Waals surface area contributed by atoms with Crippen molar-refractivity contribution < 1.29 is 95.1 Å². The number of imidazole rings is 4. The Morgan fingerprint density at radius 1 is 0.381 bits per heavy atom. The average Bonchev–Trinajstić information content (AvgIpc) is 1.65. The van der Waals surface area contributed by atoms with Gasteiger partial charge in [0, 0.05) is 59.8 Å². The maximum Gasteiger partial charge on any atom is 0.267 e. The Bertz CT molecular complexity index is 5640. The Hall–Kier alpha value is -13.5. The zero-order chi connectivity index (χ0) is 84.0. The zero-order valence-electron chi connectivity index (χ0n) is 64.0. The number of pyridine rings is 1. The molecule has 0 aliphatic rings. The summed E-state index contributed by atoms with van der Waals surface area (Å²) in [6.45, 7) is -0.310. The molecule has 5 heterocycles. The summed E-state index contributed by atoms with van der Waals surface area (Å²) in [5.74, 6) is 1.99. The minimum absolute atomic E-state index is 0.124. The lowest BCUT2D eigenvalue weighted by Gasteiger charge is -2.15. The third kappa shape index (κ3) is 23.6. The number of aliphatic hydroxyl groups is 8. The number of hydroxylamine groups is 4. The number of rotatable bonds is 31. The van der Waals surface area contributed by atoms with Crippen molar-refractivity contribution in [1.29, 1.82) is 0 Å². The number of fused-ring (bicyclic) bond motifs is 4. The molecule has 0 radical (unpaired) electrons. The fourth-order valence-corrected chi connectivity index (χ4v) is 12.4. The van der Waals surface area contributed by atoms with Crippen molar-refractivity contribution in [2.75, 3.05) is 40.6 Å². The third-order valence-corrected chi connectivity index (χ3v) is 18.2. The number of carbonyl (C=O) groups is 4. The van der Waals surface area contributed by atoms with Gasteiger partial charge < -0.3 is 73.3 Å². The number of ether oxygens (including phenoxy) is 3. The van der Waals surface area contributed by atoms with Gasteiger partial charge in [-0.25, -0.2) is 41.9 Å². The highest BCUT2D eigenvalue weighted by Crippen LogP contribution is 2.36. The zero-order valence-corrected chi connectivity index (χ0v) is 64.0. The number of nitrogens with one attached hydrogen (secondary N) is 4. The summed E-state index contributed by atoms with van der Waals surface area (Å²) in [6.07, 6.45) is 12.2. The van der Waals surface area contributed by atoms with Crippen molar-refractivity contribution in [1.82, 2.24) is 65.1 Å². The molecule has 4 unspecified atom stereocenters. The lowest BCUT2D eigenvalue weighted by molar-refractivity contribution is -0.124. The first-order chi connectivity index (χ1) is 57.3. The van der Waals surface area contributed by atoms with Gasteiger partial charge in [0.1, 0.15) is 35.7 Å². The smallest absolute Gasteiger partial charge is 0.267 e. The van der Waals surface area contributed by atoms with Crippen LogP contribution in [0.5, 0.6) is 17.2 Å². The molecule has 0 bridgehead atoms. The maximum atomic E-state index is 11.3. The molecule has 0 saturated heterocycles. The van der Waals surface area contributed by atoms with Crippen LogP contribution in [0.4, 0.5) is 0 Å². The molecule has 32 nitrogen and oxygen atoms in total. The molecule has 612 valence electrons. The molecule has 8 aromatic carbocycles. The van der Waals surface area contributed by atoms with Crippen molar-refractivity contribution in [3.63, 3.8) is 0 Å². The highest BCUT2D eigenvalue weighted by molar-refractivity contribution is 5.95. The number of carbonyl (C=O) groups excluding carboxylic acids is 4. The molecule has 0 aliphatic heterocycles. The summed E-state index contributed by atoms with van der Waals surface area (Å²) >= 11 is 0. The largest absolute Gasteiger partial charge is 0.497 e. The molecule has 118 heavy (non-hydrogen) atoms. The van der Waals surface area contributed by atoms with E-state index in [0.717, 1.165) is 84.5 Å². The van der Waals surface area contributed by atoms with E-state index < -0.39 is 54.7 Å². The van der Waals surface area contributed by atoms with E-state index in [1.807, 2.05) is 158 Å². The molecule has 0 saturated carbocycles. The summed E-state index contributed by atoms with van der Waals surface area (Å²) in [6, 6.07) is 58.2. The van der Waals surface area contributed by atoms with E-state index in [1.165, 1.54) is 40.8 Å². The van der Waals surface area contributed by atoms with E-state index in [1.54, 1.807) is 98.3 Å². The number of hydrogen-bond donors (Lipinski definition) is 16. The number of aromatic nitrogens is 9. The second kappa shape index (κ2) is 43.3. The summed E-state index contributed by atoms with van der Waals surface area (Å²) < 4.78 is 24.1. The van der Waals surface area contributed by atoms with E-state index in [2.05, 4.69) is 27.1 Å². The van der Waals surface area contributed by atoms with Crippen LogP contribution in [0.15, 0.2) is 225 Å². The first-order valence-electron chi connectivity index (χ1n) is 36.9. The fourth-order valence-electron chi connectivity index (χ4n) is 12.4. The molecule has 5 aromatic heterocycles. The normalized spacial score (nSPS) is 12.4. The molecule has 13 rings (SSSR count). The van der Waals surface area contributed by atoms with Gasteiger partial charge >= 0.3 is 0 Å². The Morgan fingerprint density at radius 3 is 1.12 bits per heavy atom. The van der Waals surface area contributed by atoms with Crippen LogP contribution < -0.4 is 36.1 Å². The topological polar surface area (TPSA) is 471 Å². The van der Waals surface area contributed by atoms with Crippen LogP contribution in [0.1, 0.15) is 39.2 Å². The van der Waals surface area contributed by atoms with Crippen molar-refractivity contribution in [3.05, 3.63) is 264 Å². The molecule has 16 N–H and O–H groups in total. The van der Waals surface area contributed by atoms with Crippen molar-refractivity contribution >= 4 is 92.1 Å². The van der Waals surface area contributed by atoms with E-state index in [0.29, 0.717) is 64.1 Å². The van der Waals surface area contributed by atoms with Crippen molar-refractivity contribution in [2.24, 2.45) is 0 Å². The lowest BCUT2D eigenvalue weighted by atomic mass is 10.1. The molecule has 0 fully saturated rings. The molecule has 32 heteroatoms. The molecular formula is C86H89N13O19. The standard InChI is InChI=1S/C27H27N3O6.C21H23N3O4.C20H21N3O5.C18H18N4O4/c1-35-25-14-20(9-11-24(25)36-17-19-5-3-2-4-6-19)27-28-22-13-18(8-12-26(33)29-34)7-10-23(22)30(27)15-21(32)16-31;25-14-17(26)13-24-19-9-6-16(8-11-21(27)23-28)12-18(19)22-20(24)10-7-15-4-2-1-3-5-15;1-28-16-6-4-14(5-7-16)20-21-17-10-13(3-9-19(26)22-27)2-8-18(17)23(20)11-15(25)12-24;23-11-14(24)10-22-16-3-1-12(2-4-17(25)21-26)9-15(16)20-18(22)13-5-7-19-8-6-13/h2-14,21,31-32,34H,15-17H2,1H3,(H,29,33);1-6,8-9,11-12,17,25-26,28H,7,10,13-14H2,(H,23,27);2-10,15,24-25,27H,11-12H2,1H3,(H,22,26);1-9,14,23-24,26H,10-11H2,(H,21,25)/b12-8+;11-8+;9-3+;4-2+. The van der Waals surface area contributed by atoms with Gasteiger partial charge in [-0.3, -0.25) is 45.0 Å². The summed E-state index contributed by atoms with van der Waals surface area (Å²) in [5.41, 5.74) is 19.6. The number of benzene rings is 8. The Morgan fingerprint density at radius 2 is 0.737 bits per heavy atom. The summed E-state index contributed by atoms with van der Waals surface area (Å²) in [5, 5.41) is 112. The number of amides is 4. The number of nitrogens with zero attached hydrogens (tertiary/aromatic N) is 9. The summed E-state index contributed by atoms with van der Waals surface area (Å²) in [7, 11) is 3.15. The third-order valence-electron chi connectivity index (χ3n) is 18.2. The monoisotopic (exact) mass is 1610 g/mol. The molecule has 4 amide bonds. The van der Waals surface area contributed by atoms with Crippen LogP contribution in [-0.2, 0) is 64.8 Å². The molecule has 13 aromatic rings. The SMILES string of the molecule is COc1cc(-c2nc3cc(/C=C/C(=O)NO)ccc3n2CC(O)CO)ccc1OCc1ccccc1.COc1ccc(-c2nc3cc(/C=C/C(=O)NO)ccc3n2CC(O)CO)cc1.O=C(/C=C/c1ccc2c(c1)nc(-c1ccncc1)n2CC(O)CO)NO.O=C(/C=C/c1ccc2c(c1)nc(CCc1ccccc1)n2CC(O)CO)NO. The first kappa shape index (κ1) is 86.9. The second-order valence-electron chi connectivity index (χ2n) is 26.4. The number of methoxy groups -OCH3 is 2. The first-order valence-corrected chi connectivity index (χ1v) is 36.9. The van der Waals surface area contributed by atoms with Crippen molar-refractivity contribution in [3.8, 4) is 51.4 Å². The van der Waals surface area contributed by atoms with E-state index in [9.17, 15) is 60.0 Å². The minimum Gasteiger partial charge on any atom is -0.497 e. The quantitative estimate of drug-likeness (QED) is 0.0114. The fraction of sp³-hybridized carbons (Fsp3) is 0.198. The van der Waals surface area contributed by atoms with E-state index in [4.69, 9.17) is 45.0 Å². The average molecular weight is 1610 g/mol. The minimum atomic E-state index is -0.982. The molecular weight excluding hydrogens is 1520 g/mol. The van der Waals surface area contributed by atoms with E-state index >= 15 is 0 Å². The lowest BCUT2D eigenvalue weighted by Crippen LogP contribution is -2.21. The van der Waals surface area contributed by atoms with Gasteiger partial charge in [-0.15, -0.1) is 0 Å². The summed E-state index contributed by atoms with van der Waals surface area (Å²) in [4.78, 5) is 67.6. The molecule has 0 aliphatic carbocycles. The Labute approximate surface area is 675 Å². The maximum absolute atomic E-state index is 11.3. The van der Waals surface area contributed by atoms with Crippen LogP contribution >= 0.6 is 0 Å². The highest BCUT2D eigenvalue weighted by atomic mass is 16.5. The van der Waals surface area contributed by atoms with Crippen LogP contribution in [0.25, 0.3) is 103 Å². The van der Waals surface area contributed by atoms with Crippen LogP contribution in [0, 0.1) is 0 Å². The molecule has 4 atom stereocenters. The Balaban J connectivity index is 0.000000167. The Kier molecular flexibility index (Phi) is 31.9. The van der Waals surface area contributed by atoms with Gasteiger partial charge in [0.25, 0.3) is 23.6 Å². The van der Waals surface area contributed by atoms with Crippen molar-refractivity contribution in [2.45, 2.75) is 70.0 Å². The predicted octanol–water partition coefficient (Wildman–Crippen LogP) is 7.41. The van der Waals surface area contributed by atoms with Gasteiger partial charge in [-0.1, -0.05) is 84.9 Å². The number of aryl methyl sites for hydroxylation is 2. The van der Waals surface area contributed by atoms with Crippen LogP contribution in [0.3, 0.4) is 0 Å². The van der Waals surface area contributed by atoms with Crippen LogP contribution in [0.2, 0.25) is 0 Å². The van der Waals surface area contributed by atoms with E-state index in [-0.39, 0.29) is 46.0 Å². The highest BCUT2D eigenvalue weighted by Gasteiger charge is 2.22. The van der Waals surface area contributed by atoms with Gasteiger partial charge in [-0.2, -0.15) is 0 Å². The van der Waals surface area contributed by atoms with Gasteiger partial charge in [0.05, 0.1) is 135 Å². The van der Waals surface area contributed by atoms with Crippen LogP contribution in [-0.4, -0.2) is 194 Å². The predicted molar refractivity (Wildman–Crippen MR) is 439 cm³/mol. The van der Waals surface area contributed by atoms with Gasteiger partial charge in [0.2, 0.25) is 0 Å². The molecule has 0 spiro atoms. The van der Waals surface area contributed by atoms with Gasteiger partial charge in [0.15, 0.2) is 11.5 Å². The van der Waals surface area contributed by atoms with Gasteiger partial charge in [-0.05, 0) is 167 Å². The number of hydrogen-bond acceptors (Lipinski definition) is 24.